The second kappa shape index (κ2) is 16.2. The van der Waals surface area contributed by atoms with Crippen LogP contribution in [0.5, 0.6) is 11.5 Å². The number of ether oxygens (including phenoxy) is 2. The molecule has 0 unspecified atom stereocenters. The molecule has 1 N–H and O–H groups in total. The van der Waals surface area contributed by atoms with E-state index >= 15 is 0 Å². The van der Waals surface area contributed by atoms with E-state index in [2.05, 4.69) is 24.1 Å². The second-order valence-electron chi connectivity index (χ2n) is 8.33. The Kier molecular flexibility index (Phi) is 13.7. The molecule has 0 aliphatic heterocycles. The zero-order chi connectivity index (χ0) is 23.9. The third kappa shape index (κ3) is 10.6. The van der Waals surface area contributed by atoms with Crippen molar-refractivity contribution in [2.24, 2.45) is 0 Å². The van der Waals surface area contributed by atoms with Crippen LogP contribution in [0.2, 0.25) is 10.0 Å². The Labute approximate surface area is 210 Å². The van der Waals surface area contributed by atoms with Crippen molar-refractivity contribution in [1.29, 1.82) is 0 Å². The molecule has 2 rings (SSSR count). The van der Waals surface area contributed by atoms with Crippen LogP contribution >= 0.6 is 23.2 Å². The highest BCUT2D eigenvalue weighted by Crippen LogP contribution is 2.37. The van der Waals surface area contributed by atoms with Gasteiger partial charge in [0.25, 0.3) is 0 Å². The average molecular weight is 496 g/mol. The van der Waals surface area contributed by atoms with E-state index in [0.717, 1.165) is 37.2 Å². The van der Waals surface area contributed by atoms with E-state index in [4.69, 9.17) is 32.7 Å². The molecule has 0 aromatic heterocycles. The van der Waals surface area contributed by atoms with Gasteiger partial charge >= 0.3 is 0 Å². The molecule has 0 atom stereocenters. The molecule has 184 valence electrons. The first-order valence-electron chi connectivity index (χ1n) is 12.3. The Morgan fingerprint density at radius 1 is 0.818 bits per heavy atom. The minimum absolute atomic E-state index is 0.404. The molecular formula is C27H40Cl2N2O2. The van der Waals surface area contributed by atoms with Gasteiger partial charge in [-0.2, -0.15) is 0 Å². The Morgan fingerprint density at radius 2 is 1.48 bits per heavy atom. The van der Waals surface area contributed by atoms with E-state index in [0.29, 0.717) is 34.8 Å². The van der Waals surface area contributed by atoms with Crippen molar-refractivity contribution in [3.05, 3.63) is 57.6 Å². The summed E-state index contributed by atoms with van der Waals surface area (Å²) in [7, 11) is 0. The van der Waals surface area contributed by atoms with E-state index < -0.39 is 0 Å². The van der Waals surface area contributed by atoms with Crippen LogP contribution in [-0.4, -0.2) is 37.7 Å². The van der Waals surface area contributed by atoms with Crippen molar-refractivity contribution in [2.75, 3.05) is 32.8 Å². The van der Waals surface area contributed by atoms with Gasteiger partial charge in [-0.15, -0.1) is 0 Å². The molecule has 6 heteroatoms. The highest BCUT2D eigenvalue weighted by molar-refractivity contribution is 6.32. The molecular weight excluding hydrogens is 455 g/mol. The fourth-order valence-corrected chi connectivity index (χ4v) is 4.04. The second-order valence-corrected chi connectivity index (χ2v) is 9.18. The molecule has 0 bridgehead atoms. The largest absolute Gasteiger partial charge is 0.490 e. The molecule has 4 nitrogen and oxygen atoms in total. The maximum atomic E-state index is 6.58. The van der Waals surface area contributed by atoms with Gasteiger partial charge in [0.2, 0.25) is 0 Å². The Hall–Kier alpha value is -1.46. The number of halogens is 2. The summed E-state index contributed by atoms with van der Waals surface area (Å²) in [4.78, 5) is 2.60. The van der Waals surface area contributed by atoms with Crippen LogP contribution in [0, 0.1) is 0 Å². The maximum absolute atomic E-state index is 6.58. The average Bonchev–Trinajstić information content (AvgIpc) is 2.81. The molecule has 2 aromatic carbocycles. The molecule has 0 aliphatic rings. The normalized spacial score (nSPS) is 11.2. The van der Waals surface area contributed by atoms with Gasteiger partial charge in [0.1, 0.15) is 6.61 Å². The molecule has 0 aliphatic carbocycles. The van der Waals surface area contributed by atoms with Crippen LogP contribution in [0.1, 0.15) is 64.0 Å². The first kappa shape index (κ1) is 27.8. The lowest BCUT2D eigenvalue weighted by Gasteiger charge is -2.22. The van der Waals surface area contributed by atoms with Gasteiger partial charge in [0, 0.05) is 11.6 Å². The molecule has 0 fully saturated rings. The van der Waals surface area contributed by atoms with Gasteiger partial charge in [-0.3, -0.25) is 0 Å². The van der Waals surface area contributed by atoms with E-state index in [1.54, 1.807) is 0 Å². The molecule has 0 saturated carbocycles. The smallest absolute Gasteiger partial charge is 0.180 e. The van der Waals surface area contributed by atoms with Crippen molar-refractivity contribution in [2.45, 2.75) is 66.0 Å². The molecule has 0 saturated heterocycles. The van der Waals surface area contributed by atoms with Gasteiger partial charge in [0.15, 0.2) is 11.5 Å². The van der Waals surface area contributed by atoms with Crippen molar-refractivity contribution in [3.8, 4) is 11.5 Å². The molecule has 0 amide bonds. The van der Waals surface area contributed by atoms with Crippen LogP contribution < -0.4 is 14.8 Å². The number of nitrogens with zero attached hydrogens (tertiary/aromatic N) is 1. The molecule has 0 spiro atoms. The Morgan fingerprint density at radius 3 is 2.12 bits per heavy atom. The number of hydrogen-bond acceptors (Lipinski definition) is 4. The minimum atomic E-state index is 0.404. The monoisotopic (exact) mass is 494 g/mol. The summed E-state index contributed by atoms with van der Waals surface area (Å²) in [6.07, 6.45) is 6.21. The van der Waals surface area contributed by atoms with Crippen LogP contribution in [0.15, 0.2) is 36.4 Å². The van der Waals surface area contributed by atoms with Crippen molar-refractivity contribution >= 4 is 23.2 Å². The lowest BCUT2D eigenvalue weighted by Crippen LogP contribution is -2.29. The van der Waals surface area contributed by atoms with Crippen molar-refractivity contribution < 1.29 is 9.47 Å². The number of nitrogens with one attached hydrogen (secondary N) is 1. The summed E-state index contributed by atoms with van der Waals surface area (Å²) in [5.74, 6) is 1.26. The number of unbranched alkanes of at least 4 members (excludes halogenated alkanes) is 2. The fraction of sp³-hybridized carbons (Fsp3) is 0.556. The molecule has 0 heterocycles. The summed E-state index contributed by atoms with van der Waals surface area (Å²) in [5.41, 5.74) is 2.12. The first-order valence-corrected chi connectivity index (χ1v) is 13.1. The highest BCUT2D eigenvalue weighted by atomic mass is 35.5. The van der Waals surface area contributed by atoms with Crippen LogP contribution in [0.3, 0.4) is 0 Å². The summed E-state index contributed by atoms with van der Waals surface area (Å²) in [6, 6.07) is 11.6. The zero-order valence-electron chi connectivity index (χ0n) is 20.5. The maximum Gasteiger partial charge on any atom is 0.180 e. The number of rotatable bonds is 17. The van der Waals surface area contributed by atoms with Crippen LogP contribution in [0.25, 0.3) is 0 Å². The van der Waals surface area contributed by atoms with Gasteiger partial charge in [-0.1, -0.05) is 62.0 Å². The Balaban J connectivity index is 1.87. The number of hydrogen-bond donors (Lipinski definition) is 1. The van der Waals surface area contributed by atoms with Crippen molar-refractivity contribution in [1.82, 2.24) is 10.2 Å². The van der Waals surface area contributed by atoms with Gasteiger partial charge in [-0.05, 0) is 87.8 Å². The van der Waals surface area contributed by atoms with Gasteiger partial charge < -0.3 is 19.7 Å². The van der Waals surface area contributed by atoms with Crippen LogP contribution in [-0.2, 0) is 13.2 Å². The van der Waals surface area contributed by atoms with E-state index in [9.17, 15) is 0 Å². The first-order chi connectivity index (χ1) is 16.1. The molecule has 33 heavy (non-hydrogen) atoms. The predicted octanol–water partition coefficient (Wildman–Crippen LogP) is 7.35. The lowest BCUT2D eigenvalue weighted by molar-refractivity contribution is 0.261. The quantitative estimate of drug-likeness (QED) is 0.233. The zero-order valence-corrected chi connectivity index (χ0v) is 22.0. The topological polar surface area (TPSA) is 33.7 Å². The third-order valence-electron chi connectivity index (χ3n) is 5.48. The molecule has 0 radical (unpaired) electrons. The summed E-state index contributed by atoms with van der Waals surface area (Å²) in [5, 5.41) is 4.83. The summed E-state index contributed by atoms with van der Waals surface area (Å²) in [6.45, 7) is 12.7. The summed E-state index contributed by atoms with van der Waals surface area (Å²) < 4.78 is 11.8. The van der Waals surface area contributed by atoms with Gasteiger partial charge in [0.05, 0.1) is 11.6 Å². The fourth-order valence-electron chi connectivity index (χ4n) is 3.62. The predicted molar refractivity (Wildman–Crippen MR) is 141 cm³/mol. The number of benzene rings is 2. The third-order valence-corrected chi connectivity index (χ3v) is 6.01. The Bertz CT molecular complexity index is 791. The highest BCUT2D eigenvalue weighted by Gasteiger charge is 2.13. The standard InChI is InChI=1S/C27H40Cl2N2O2/c1-4-7-15-31(16-8-5-2)17-9-14-30-20-23-18-25(29)27(26(19-23)32-6-3)33-21-22-10-12-24(28)13-11-22/h10-13,18-19,30H,4-9,14-17,20-21H2,1-3H3. The van der Waals surface area contributed by atoms with E-state index in [-0.39, 0.29) is 0 Å². The summed E-state index contributed by atoms with van der Waals surface area (Å²) >= 11 is 12.5. The van der Waals surface area contributed by atoms with Gasteiger partial charge in [-0.25, -0.2) is 0 Å². The van der Waals surface area contributed by atoms with E-state index in [1.165, 1.54) is 38.8 Å². The minimum Gasteiger partial charge on any atom is -0.490 e. The van der Waals surface area contributed by atoms with Crippen molar-refractivity contribution in [3.63, 3.8) is 0 Å². The lowest BCUT2D eigenvalue weighted by atomic mass is 10.2. The SMILES string of the molecule is CCCCN(CCCC)CCCNCc1cc(Cl)c(OCc2ccc(Cl)cc2)c(OCC)c1. The van der Waals surface area contributed by atoms with E-state index in [1.807, 2.05) is 43.3 Å². The molecule has 2 aromatic rings. The van der Waals surface area contributed by atoms with Crippen LogP contribution in [0.4, 0.5) is 0 Å².